The molecule has 1 rings (SSSR count). The Morgan fingerprint density at radius 2 is 1.67 bits per heavy atom. The van der Waals surface area contributed by atoms with Crippen LogP contribution in [0.1, 0.15) is 6.92 Å². The Morgan fingerprint density at radius 3 is 2.00 bits per heavy atom. The number of hydrogen-bond acceptors (Lipinski definition) is 3. The number of rotatable bonds is 0. The van der Waals surface area contributed by atoms with Gasteiger partial charge in [-0.25, -0.2) is 26.8 Å². The van der Waals surface area contributed by atoms with Crippen molar-refractivity contribution in [3.05, 3.63) is 0 Å². The fraction of sp³-hybridized carbons (Fsp3) is 1.00. The van der Waals surface area contributed by atoms with Gasteiger partial charge in [-0.3, -0.25) is 0 Å². The lowest BCUT2D eigenvalue weighted by Gasteiger charge is -2.32. The van der Waals surface area contributed by atoms with E-state index in [0.717, 1.165) is 0 Å². The summed E-state index contributed by atoms with van der Waals surface area (Å²) in [6, 6.07) is 0. The van der Waals surface area contributed by atoms with Gasteiger partial charge in [-0.05, 0) is 6.92 Å². The average molecular weight is 208 g/mol. The average Bonchev–Trinajstić information content (AvgIpc) is 1.82. The number of alkyl halides is 3. The predicted molar refractivity (Wildman–Crippen MR) is 30.2 cm³/mol. The summed E-state index contributed by atoms with van der Waals surface area (Å²) in [6.07, 6.45) is -5.87. The van der Waals surface area contributed by atoms with Crippen molar-refractivity contribution < 1.29 is 31.0 Å². The molecule has 1 aliphatic rings. The van der Waals surface area contributed by atoms with Crippen molar-refractivity contribution in [2.75, 3.05) is 0 Å². The first-order valence-corrected chi connectivity index (χ1v) is 4.32. The fourth-order valence-electron chi connectivity index (χ4n) is 0.555. The van der Waals surface area contributed by atoms with Gasteiger partial charge in [0.05, 0.1) is 0 Å². The molecular weight excluding hydrogens is 203 g/mol. The van der Waals surface area contributed by atoms with E-state index in [-0.39, 0.29) is 0 Å². The maximum atomic E-state index is 12.7. The highest BCUT2D eigenvalue weighted by atomic mass is 31.2. The lowest BCUT2D eigenvalue weighted by Crippen LogP contribution is -2.46. The summed E-state index contributed by atoms with van der Waals surface area (Å²) >= 11 is 0. The van der Waals surface area contributed by atoms with E-state index >= 15 is 0 Å². The van der Waals surface area contributed by atoms with Crippen LogP contribution in [0.4, 0.5) is 17.4 Å². The molecular formula is C4H5F4O3P. The van der Waals surface area contributed by atoms with Crippen molar-refractivity contribution in [3.8, 4) is 0 Å². The van der Waals surface area contributed by atoms with Crippen LogP contribution < -0.4 is 0 Å². The van der Waals surface area contributed by atoms with Gasteiger partial charge < -0.3 is 0 Å². The Labute approximate surface area is 65.3 Å². The van der Waals surface area contributed by atoms with E-state index < -0.39 is 26.3 Å². The minimum atomic E-state index is -5.27. The topological polar surface area (TPSA) is 35.5 Å². The molecule has 1 fully saturated rings. The molecule has 8 heteroatoms. The molecule has 0 saturated carbocycles. The first-order valence-electron chi connectivity index (χ1n) is 2.89. The lowest BCUT2D eigenvalue weighted by atomic mass is 10.1. The zero-order chi connectivity index (χ0) is 9.57. The van der Waals surface area contributed by atoms with Gasteiger partial charge in [-0.2, -0.15) is 0 Å². The van der Waals surface area contributed by atoms with Crippen molar-refractivity contribution in [2.45, 2.75) is 25.3 Å². The van der Waals surface area contributed by atoms with Crippen molar-refractivity contribution in [1.82, 2.24) is 0 Å². The molecule has 0 aromatic heterocycles. The van der Waals surface area contributed by atoms with Crippen LogP contribution in [0, 0.1) is 0 Å². The molecule has 2 atom stereocenters. The van der Waals surface area contributed by atoms with Crippen LogP contribution in [-0.2, 0) is 13.6 Å². The van der Waals surface area contributed by atoms with Gasteiger partial charge in [-0.1, -0.05) is 0 Å². The smallest absolute Gasteiger partial charge is 0.244 e. The Kier molecular flexibility index (Phi) is 2.22. The van der Waals surface area contributed by atoms with Crippen LogP contribution >= 0.6 is 7.91 Å². The zero-order valence-electron chi connectivity index (χ0n) is 5.84. The third kappa shape index (κ3) is 1.62. The molecule has 12 heavy (non-hydrogen) atoms. The van der Waals surface area contributed by atoms with Crippen molar-refractivity contribution >= 4 is 7.91 Å². The van der Waals surface area contributed by atoms with Crippen LogP contribution in [0.5, 0.6) is 0 Å². The minimum absolute atomic E-state index is 0.474. The highest BCUT2D eigenvalue weighted by Gasteiger charge is 2.56. The molecule has 1 heterocycles. The second-order valence-electron chi connectivity index (χ2n) is 2.42. The molecule has 0 N–H and O–H groups in total. The van der Waals surface area contributed by atoms with Crippen molar-refractivity contribution in [1.29, 1.82) is 0 Å². The van der Waals surface area contributed by atoms with Crippen molar-refractivity contribution in [3.63, 3.8) is 0 Å². The minimum Gasteiger partial charge on any atom is -0.244 e. The summed E-state index contributed by atoms with van der Waals surface area (Å²) in [5.41, 5.74) is -3.14. The molecule has 72 valence electrons. The van der Waals surface area contributed by atoms with E-state index in [2.05, 4.69) is 9.05 Å². The number of halogens is 4. The monoisotopic (exact) mass is 208 g/mol. The molecule has 0 bridgehead atoms. The summed E-state index contributed by atoms with van der Waals surface area (Å²) in [7, 11) is -5.27. The normalized spacial score (nSPS) is 55.4. The molecule has 0 aromatic rings. The van der Waals surface area contributed by atoms with Gasteiger partial charge in [0.25, 0.3) is 0 Å². The molecule has 0 aromatic carbocycles. The Morgan fingerprint density at radius 1 is 1.33 bits per heavy atom. The van der Waals surface area contributed by atoms with Crippen LogP contribution in [-0.4, -0.2) is 18.4 Å². The van der Waals surface area contributed by atoms with E-state index in [0.29, 0.717) is 6.92 Å². The fourth-order valence-corrected chi connectivity index (χ4v) is 1.46. The first kappa shape index (κ1) is 9.95. The second kappa shape index (κ2) is 2.68. The number of hydrogen-bond donors (Lipinski definition) is 0. The highest BCUT2D eigenvalue weighted by Crippen LogP contribution is 2.59. The van der Waals surface area contributed by atoms with Gasteiger partial charge in [0.1, 0.15) is 0 Å². The molecule has 2 unspecified atom stereocenters. The molecule has 3 nitrogen and oxygen atoms in total. The summed E-state index contributed by atoms with van der Waals surface area (Å²) in [5, 5.41) is 0. The molecule has 1 saturated heterocycles. The second-order valence-corrected chi connectivity index (χ2v) is 3.71. The van der Waals surface area contributed by atoms with Gasteiger partial charge in [-0.15, -0.1) is 4.20 Å². The lowest BCUT2D eigenvalue weighted by molar-refractivity contribution is -0.201. The standard InChI is InChI=1S/C4H5F4O3P/c1-4(7)2(5)10-12(8,9)11-3(4)6/h2-3H,1H3. The van der Waals surface area contributed by atoms with E-state index in [9.17, 15) is 21.9 Å². The molecule has 0 aliphatic carbocycles. The first-order chi connectivity index (χ1) is 5.26. The van der Waals surface area contributed by atoms with E-state index in [1.165, 1.54) is 0 Å². The highest BCUT2D eigenvalue weighted by molar-refractivity contribution is 7.48. The molecule has 0 amide bonds. The third-order valence-corrected chi connectivity index (χ3v) is 2.20. The maximum absolute atomic E-state index is 12.7. The van der Waals surface area contributed by atoms with Crippen LogP contribution in [0.3, 0.4) is 0 Å². The quantitative estimate of drug-likeness (QED) is 0.453. The summed E-state index contributed by atoms with van der Waals surface area (Å²) < 4.78 is 66.5. The van der Waals surface area contributed by atoms with Crippen LogP contribution in [0.15, 0.2) is 0 Å². The van der Waals surface area contributed by atoms with Crippen LogP contribution in [0.2, 0.25) is 0 Å². The molecule has 1 aliphatic heterocycles. The summed E-state index contributed by atoms with van der Waals surface area (Å²) in [5.74, 6) is 0. The summed E-state index contributed by atoms with van der Waals surface area (Å²) in [6.45, 7) is 0.474. The van der Waals surface area contributed by atoms with Gasteiger partial charge >= 0.3 is 7.91 Å². The Balaban J connectivity index is 2.85. The zero-order valence-corrected chi connectivity index (χ0v) is 6.73. The third-order valence-electron chi connectivity index (χ3n) is 1.32. The van der Waals surface area contributed by atoms with Crippen LogP contribution in [0.25, 0.3) is 0 Å². The van der Waals surface area contributed by atoms with Crippen molar-refractivity contribution in [2.24, 2.45) is 0 Å². The summed E-state index contributed by atoms with van der Waals surface area (Å²) in [4.78, 5) is 0. The van der Waals surface area contributed by atoms with Gasteiger partial charge in [0, 0.05) is 0 Å². The Hall–Kier alpha value is -0.130. The maximum Gasteiger partial charge on any atom is 0.518 e. The predicted octanol–water partition coefficient (Wildman–Crippen LogP) is 2.43. The van der Waals surface area contributed by atoms with Gasteiger partial charge in [0.15, 0.2) is 0 Å². The van der Waals surface area contributed by atoms with E-state index in [1.54, 1.807) is 0 Å². The SMILES string of the molecule is CC1(F)C(F)OP(=O)(F)OC1F. The largest absolute Gasteiger partial charge is 0.518 e. The van der Waals surface area contributed by atoms with E-state index in [4.69, 9.17) is 0 Å². The Bertz CT molecular complexity index is 214. The van der Waals surface area contributed by atoms with Gasteiger partial charge in [0.2, 0.25) is 18.4 Å². The molecule has 0 spiro atoms. The van der Waals surface area contributed by atoms with E-state index in [1.807, 2.05) is 0 Å². The molecule has 0 radical (unpaired) electrons.